The van der Waals surface area contributed by atoms with Crippen LogP contribution in [-0.4, -0.2) is 16.7 Å². The summed E-state index contributed by atoms with van der Waals surface area (Å²) in [6.07, 6.45) is 9.80. The van der Waals surface area contributed by atoms with Crippen LogP contribution in [0.4, 0.5) is 5.00 Å². The molecule has 164 valence electrons. The number of carbonyl (C=O) groups is 2. The van der Waals surface area contributed by atoms with Gasteiger partial charge in [0, 0.05) is 11.5 Å². The van der Waals surface area contributed by atoms with Crippen molar-refractivity contribution in [2.75, 3.05) is 5.32 Å². The molecule has 0 atom stereocenters. The first-order valence-electron chi connectivity index (χ1n) is 11.2. The maximum Gasteiger partial charge on any atom is 0.228 e. The Kier molecular flexibility index (Phi) is 9.70. The number of hydrogen-bond acceptors (Lipinski definition) is 4. The van der Waals surface area contributed by atoms with Gasteiger partial charge in [0.2, 0.25) is 5.91 Å². The second kappa shape index (κ2) is 12.0. The predicted molar refractivity (Wildman–Crippen MR) is 126 cm³/mol. The van der Waals surface area contributed by atoms with Gasteiger partial charge in [0.15, 0.2) is 5.78 Å². The largest absolute Gasteiger partial charge is 0.316 e. The summed E-state index contributed by atoms with van der Waals surface area (Å²) in [5.41, 5.74) is 3.27. The second-order valence-corrected chi connectivity index (χ2v) is 9.48. The lowest BCUT2D eigenvalue weighted by Gasteiger charge is -2.27. The monoisotopic (exact) mass is 428 g/mol. The maximum atomic E-state index is 12.1. The summed E-state index contributed by atoms with van der Waals surface area (Å²) in [6, 6.07) is 5.88. The van der Waals surface area contributed by atoms with E-state index in [0.717, 1.165) is 40.8 Å². The molecule has 1 heterocycles. The highest BCUT2D eigenvalue weighted by atomic mass is 32.1. The number of ketones is 1. The molecule has 5 heteroatoms. The van der Waals surface area contributed by atoms with Crippen LogP contribution in [0.3, 0.4) is 0 Å². The van der Waals surface area contributed by atoms with Gasteiger partial charge in [-0.1, -0.05) is 44.9 Å². The number of aromatic nitrogens is 1. The van der Waals surface area contributed by atoms with Crippen LogP contribution in [-0.2, 0) is 11.2 Å². The van der Waals surface area contributed by atoms with Crippen LogP contribution in [0.2, 0.25) is 0 Å². The average molecular weight is 429 g/mol. The minimum absolute atomic E-state index is 0.163. The molecule has 30 heavy (non-hydrogen) atoms. The molecule has 1 N–H and O–H groups in total. The summed E-state index contributed by atoms with van der Waals surface area (Å²) in [7, 11) is 0. The molecule has 1 fully saturated rings. The third-order valence-corrected chi connectivity index (χ3v) is 6.75. The van der Waals surface area contributed by atoms with E-state index in [1.54, 1.807) is 24.5 Å². The lowest BCUT2D eigenvalue weighted by atomic mass is 9.80. The molecule has 0 saturated heterocycles. The lowest BCUT2D eigenvalue weighted by molar-refractivity contribution is -0.121. The van der Waals surface area contributed by atoms with Crippen molar-refractivity contribution in [2.45, 2.75) is 79.6 Å². The van der Waals surface area contributed by atoms with Crippen LogP contribution in [0, 0.1) is 25.7 Å². The molecule has 0 aliphatic heterocycles. The van der Waals surface area contributed by atoms with E-state index in [1.165, 1.54) is 36.8 Å². The van der Waals surface area contributed by atoms with Gasteiger partial charge in [-0.15, -0.1) is 11.3 Å². The van der Waals surface area contributed by atoms with Gasteiger partial charge in [0.05, 0.1) is 11.2 Å². The molecule has 0 radical (unpaired) electrons. The Labute approximate surface area is 185 Å². The molecule has 1 saturated carbocycles. The number of amides is 1. The summed E-state index contributed by atoms with van der Waals surface area (Å²) in [6.45, 7) is 9.94. The van der Waals surface area contributed by atoms with Gasteiger partial charge >= 0.3 is 0 Å². The Morgan fingerprint density at radius 3 is 2.33 bits per heavy atom. The van der Waals surface area contributed by atoms with Gasteiger partial charge in [-0.25, -0.2) is 4.98 Å². The van der Waals surface area contributed by atoms with Crippen molar-refractivity contribution in [3.63, 3.8) is 0 Å². The Hall–Kier alpha value is -2.01. The molecule has 0 spiro atoms. The summed E-state index contributed by atoms with van der Waals surface area (Å²) >= 11 is 1.55. The summed E-state index contributed by atoms with van der Waals surface area (Å²) in [5.74, 6) is 1.41. The van der Waals surface area contributed by atoms with Gasteiger partial charge in [0.1, 0.15) is 5.00 Å². The van der Waals surface area contributed by atoms with Gasteiger partial charge in [-0.05, 0) is 69.9 Å². The third-order valence-electron chi connectivity index (χ3n) is 5.93. The Balaban J connectivity index is 0.000000232. The van der Waals surface area contributed by atoms with Crippen molar-refractivity contribution in [1.82, 2.24) is 4.98 Å². The first-order valence-corrected chi connectivity index (χ1v) is 12.0. The number of nitrogens with one attached hydrogen (secondary N) is 1. The molecule has 3 rings (SSSR count). The number of Topliss-reactive ketones (excluding diaryl/α,β-unsaturated/α-hetero) is 1. The van der Waals surface area contributed by atoms with E-state index < -0.39 is 0 Å². The molecular formula is C25H36N2O2S. The van der Waals surface area contributed by atoms with Crippen LogP contribution < -0.4 is 5.32 Å². The van der Waals surface area contributed by atoms with Gasteiger partial charge < -0.3 is 5.32 Å². The van der Waals surface area contributed by atoms with Crippen LogP contribution in [0.5, 0.6) is 0 Å². The van der Waals surface area contributed by atoms with Gasteiger partial charge in [-0.3, -0.25) is 9.59 Å². The van der Waals surface area contributed by atoms with Crippen molar-refractivity contribution >= 4 is 28.0 Å². The fraction of sp³-hybridized carbons (Fsp3) is 0.560. The molecule has 2 aromatic rings. The van der Waals surface area contributed by atoms with E-state index in [2.05, 4.69) is 24.1 Å². The molecule has 1 aliphatic rings. The number of anilines is 1. The highest BCUT2D eigenvalue weighted by Gasteiger charge is 2.26. The predicted octanol–water partition coefficient (Wildman–Crippen LogP) is 6.76. The number of rotatable bonds is 6. The average Bonchev–Trinajstić information content (AvgIpc) is 3.13. The number of hydrogen-bond donors (Lipinski definition) is 1. The number of nitrogens with zero attached hydrogens (tertiary/aromatic N) is 1. The Morgan fingerprint density at radius 1 is 1.13 bits per heavy atom. The van der Waals surface area contributed by atoms with Gasteiger partial charge in [-0.2, -0.15) is 0 Å². The van der Waals surface area contributed by atoms with E-state index in [9.17, 15) is 9.59 Å². The Bertz CT molecular complexity index is 835. The molecule has 0 bridgehead atoms. The van der Waals surface area contributed by atoms with Crippen molar-refractivity contribution in [3.05, 3.63) is 46.1 Å². The zero-order valence-electron chi connectivity index (χ0n) is 19.1. The molecule has 4 nitrogen and oxygen atoms in total. The number of thiazole rings is 1. The minimum Gasteiger partial charge on any atom is -0.316 e. The van der Waals surface area contributed by atoms with E-state index in [-0.39, 0.29) is 17.6 Å². The van der Waals surface area contributed by atoms with E-state index >= 15 is 0 Å². The number of carbonyl (C=O) groups excluding carboxylic acids is 2. The fourth-order valence-corrected chi connectivity index (χ4v) is 4.95. The standard InChI is InChI=1S/C14H22N2OS.C11H14O/c1-3-4-11-5-7-12(8-6-11)14(17)16-13-9-15-10(2)18-13;1-4-10-8(2)6-5-7-11(10)9(3)12/h9,11-12H,3-8H2,1-2H3,(H,16,17);5-7H,4H2,1-3H3. The normalized spacial score (nSPS) is 18.3. The topological polar surface area (TPSA) is 59.1 Å². The first kappa shape index (κ1) is 24.3. The highest BCUT2D eigenvalue weighted by Crippen LogP contribution is 2.32. The maximum absolute atomic E-state index is 12.1. The second-order valence-electron chi connectivity index (χ2n) is 8.25. The molecule has 1 aliphatic carbocycles. The summed E-state index contributed by atoms with van der Waals surface area (Å²) < 4.78 is 0. The summed E-state index contributed by atoms with van der Waals surface area (Å²) in [4.78, 5) is 27.4. The molecule has 1 amide bonds. The van der Waals surface area contributed by atoms with E-state index in [0.29, 0.717) is 0 Å². The summed E-state index contributed by atoms with van der Waals surface area (Å²) in [5, 5.41) is 4.88. The SMILES string of the molecule is CCCC1CCC(C(=O)Nc2cnc(C)s2)CC1.CCc1c(C)cccc1C(C)=O. The zero-order valence-corrected chi connectivity index (χ0v) is 19.9. The minimum atomic E-state index is 0.163. The fourth-order valence-electron chi connectivity index (χ4n) is 4.27. The first-order chi connectivity index (χ1) is 14.3. The zero-order chi connectivity index (χ0) is 22.1. The lowest BCUT2D eigenvalue weighted by Crippen LogP contribution is -2.26. The van der Waals surface area contributed by atoms with Crippen molar-refractivity contribution in [1.29, 1.82) is 0 Å². The van der Waals surface area contributed by atoms with Crippen LogP contribution in [0.1, 0.15) is 85.8 Å². The molecule has 0 unspecified atom stereocenters. The molecule has 1 aromatic heterocycles. The highest BCUT2D eigenvalue weighted by molar-refractivity contribution is 7.15. The van der Waals surface area contributed by atoms with E-state index in [4.69, 9.17) is 0 Å². The quantitative estimate of drug-likeness (QED) is 0.517. The number of benzene rings is 1. The van der Waals surface area contributed by atoms with E-state index in [1.807, 2.05) is 32.0 Å². The van der Waals surface area contributed by atoms with Crippen LogP contribution in [0.15, 0.2) is 24.4 Å². The smallest absolute Gasteiger partial charge is 0.228 e. The van der Waals surface area contributed by atoms with Crippen LogP contribution in [0.25, 0.3) is 0 Å². The van der Waals surface area contributed by atoms with Crippen molar-refractivity contribution < 1.29 is 9.59 Å². The molecule has 1 aromatic carbocycles. The number of aryl methyl sites for hydroxylation is 2. The van der Waals surface area contributed by atoms with Gasteiger partial charge in [0.25, 0.3) is 0 Å². The third kappa shape index (κ3) is 7.05. The molecular weight excluding hydrogens is 392 g/mol. The Morgan fingerprint density at radius 2 is 1.83 bits per heavy atom. The van der Waals surface area contributed by atoms with Crippen molar-refractivity contribution in [3.8, 4) is 0 Å². The van der Waals surface area contributed by atoms with Crippen molar-refractivity contribution in [2.24, 2.45) is 11.8 Å². The van der Waals surface area contributed by atoms with Crippen LogP contribution >= 0.6 is 11.3 Å².